The van der Waals surface area contributed by atoms with E-state index < -0.39 is 27.0 Å². The molecule has 0 fully saturated rings. The van der Waals surface area contributed by atoms with Gasteiger partial charge in [0.25, 0.3) is 0 Å². The van der Waals surface area contributed by atoms with Crippen molar-refractivity contribution in [2.24, 2.45) is 0 Å². The van der Waals surface area contributed by atoms with E-state index in [4.69, 9.17) is 32.1 Å². The minimum Gasteiger partial charge on any atom is -0.462 e. The van der Waals surface area contributed by atoms with Crippen molar-refractivity contribution >= 4 is 21.0 Å². The van der Waals surface area contributed by atoms with Crippen LogP contribution in [0.5, 0.6) is 11.5 Å². The van der Waals surface area contributed by atoms with Gasteiger partial charge in [0.05, 0.1) is 5.56 Å². The molecule has 0 spiro atoms. The third kappa shape index (κ3) is 10.3. The average molecular weight is 627 g/mol. The van der Waals surface area contributed by atoms with E-state index in [2.05, 4.69) is 13.5 Å². The van der Waals surface area contributed by atoms with E-state index in [1.807, 2.05) is 44.2 Å². The largest absolute Gasteiger partial charge is 0.477 e. The summed E-state index contributed by atoms with van der Waals surface area (Å²) in [7, 11) is -3.50. The van der Waals surface area contributed by atoms with Crippen LogP contribution in [0.2, 0.25) is 0 Å². The Morgan fingerprint density at radius 1 is 0.857 bits per heavy atom. The van der Waals surface area contributed by atoms with Gasteiger partial charge in [-0.3, -0.25) is 18.1 Å². The van der Waals surface area contributed by atoms with Gasteiger partial charge in [0.15, 0.2) is 0 Å². The number of rotatable bonds is 17. The Hall–Kier alpha value is -1.96. The molecule has 1 unspecified atom stereocenters. The number of allylic oxidation sites excluding steroid dienone is 1. The van der Waals surface area contributed by atoms with E-state index in [9.17, 15) is 9.13 Å². The summed E-state index contributed by atoms with van der Waals surface area (Å²) in [5.74, 6) is -1.96. The number of phosphoric ester groups is 1. The van der Waals surface area contributed by atoms with Crippen molar-refractivity contribution in [2.45, 2.75) is 85.7 Å². The Morgan fingerprint density at radius 2 is 1.40 bits per heavy atom. The second-order valence-electron chi connectivity index (χ2n) is 11.2. The molecule has 0 saturated heterocycles. The molecule has 0 aromatic heterocycles. The van der Waals surface area contributed by atoms with Gasteiger partial charge in [-0.25, -0.2) is 9.09 Å². The molecule has 11 heteroatoms. The lowest BCUT2D eigenvalue weighted by Crippen LogP contribution is -2.32. The molecule has 0 heterocycles. The molecule has 2 rings (SSSR count). The van der Waals surface area contributed by atoms with Gasteiger partial charge >= 0.3 is 15.4 Å². The highest BCUT2D eigenvalue weighted by Crippen LogP contribution is 2.53. The van der Waals surface area contributed by atoms with Crippen molar-refractivity contribution in [3.8, 4) is 22.6 Å². The zero-order valence-corrected chi connectivity index (χ0v) is 28.8. The standard InChI is InChI=1S/C31H48O9P2/c1-13-14-15-16-24-20-27(37-30(5,6)39-41(12,32)34-9)29(26-19-23(4)17-18-25(26)22(2)3)28(21-24)38-31(7,8)40-42(33,35-10)36-11/h17-21H,2,13-16H2,1,3-12H3. The van der Waals surface area contributed by atoms with E-state index in [0.717, 1.165) is 53.5 Å². The van der Waals surface area contributed by atoms with E-state index in [1.165, 1.54) is 28.0 Å². The van der Waals surface area contributed by atoms with Crippen molar-refractivity contribution in [1.82, 2.24) is 0 Å². The normalized spacial score (nSPS) is 14.0. The fourth-order valence-corrected chi connectivity index (χ4v) is 6.24. The summed E-state index contributed by atoms with van der Waals surface area (Å²) in [5, 5.41) is 0. The van der Waals surface area contributed by atoms with Crippen LogP contribution in [0.4, 0.5) is 0 Å². The van der Waals surface area contributed by atoms with Crippen LogP contribution in [-0.2, 0) is 38.2 Å². The van der Waals surface area contributed by atoms with Crippen molar-refractivity contribution in [3.05, 3.63) is 53.6 Å². The zero-order chi connectivity index (χ0) is 31.9. The van der Waals surface area contributed by atoms with Gasteiger partial charge in [0, 0.05) is 55.7 Å². The Labute approximate surface area is 252 Å². The van der Waals surface area contributed by atoms with Crippen LogP contribution in [0.15, 0.2) is 36.9 Å². The lowest BCUT2D eigenvalue weighted by Gasteiger charge is -2.33. The number of unbranched alkanes of at least 4 members (excludes halogenated alkanes) is 2. The zero-order valence-electron chi connectivity index (χ0n) is 27.0. The summed E-state index contributed by atoms with van der Waals surface area (Å²) in [6.45, 7) is 18.2. The smallest absolute Gasteiger partial charge is 0.462 e. The Morgan fingerprint density at radius 3 is 1.88 bits per heavy atom. The molecule has 0 aliphatic rings. The summed E-state index contributed by atoms with van der Waals surface area (Å²) in [6, 6.07) is 9.91. The maximum absolute atomic E-state index is 12.9. The van der Waals surface area contributed by atoms with Crippen LogP contribution in [0.1, 0.15) is 77.5 Å². The first-order chi connectivity index (χ1) is 19.4. The fourth-order valence-electron chi connectivity index (χ4n) is 4.45. The summed E-state index contributed by atoms with van der Waals surface area (Å²) in [4.78, 5) is 0. The number of hydrogen-bond acceptors (Lipinski definition) is 9. The molecule has 42 heavy (non-hydrogen) atoms. The SMILES string of the molecule is C=C(C)c1ccc(C)cc1-c1c(OC(C)(C)OP(C)(=O)OC)cc(CCCCC)cc1OC(C)(C)OP(=O)(OC)OC. The molecule has 0 amide bonds. The van der Waals surface area contributed by atoms with Crippen LogP contribution in [0, 0.1) is 6.92 Å². The van der Waals surface area contributed by atoms with Gasteiger partial charge in [-0.2, -0.15) is 0 Å². The third-order valence-corrected chi connectivity index (χ3v) is 9.30. The molecule has 0 radical (unpaired) electrons. The molecule has 0 aliphatic carbocycles. The molecule has 0 bridgehead atoms. The van der Waals surface area contributed by atoms with Crippen LogP contribution in [0.25, 0.3) is 16.7 Å². The fraction of sp³-hybridized carbons (Fsp3) is 0.548. The minimum absolute atomic E-state index is 0.415. The molecule has 0 N–H and O–H groups in total. The molecular formula is C31H48O9P2. The second-order valence-corrected chi connectivity index (χ2v) is 15.1. The van der Waals surface area contributed by atoms with Gasteiger partial charge in [0.1, 0.15) is 11.5 Å². The molecule has 2 aromatic carbocycles. The topological polar surface area (TPSA) is 98.8 Å². The highest BCUT2D eigenvalue weighted by atomic mass is 31.2. The average Bonchev–Trinajstić information content (AvgIpc) is 2.87. The lowest BCUT2D eigenvalue weighted by atomic mass is 9.91. The third-order valence-electron chi connectivity index (χ3n) is 6.31. The van der Waals surface area contributed by atoms with Crippen LogP contribution < -0.4 is 9.47 Å². The van der Waals surface area contributed by atoms with E-state index >= 15 is 0 Å². The second kappa shape index (κ2) is 14.7. The summed E-state index contributed by atoms with van der Waals surface area (Å²) in [6.07, 6.45) is 3.81. The Bertz CT molecular complexity index is 1330. The van der Waals surface area contributed by atoms with Crippen LogP contribution in [-0.4, -0.2) is 39.6 Å². The van der Waals surface area contributed by atoms with Gasteiger partial charge < -0.3 is 14.0 Å². The summed E-state index contributed by atoms with van der Waals surface area (Å²) < 4.78 is 65.4. The number of phosphoric acid groups is 1. The Balaban J connectivity index is 2.90. The molecule has 1 atom stereocenters. The number of aryl methyl sites for hydroxylation is 2. The molecule has 0 aliphatic heterocycles. The summed E-state index contributed by atoms with van der Waals surface area (Å²) >= 11 is 0. The quantitative estimate of drug-likeness (QED) is 0.0965. The molecule has 236 valence electrons. The van der Waals surface area contributed by atoms with Crippen LogP contribution >= 0.6 is 15.4 Å². The molecule has 9 nitrogen and oxygen atoms in total. The number of ether oxygens (including phenoxy) is 2. The van der Waals surface area contributed by atoms with E-state index in [1.54, 1.807) is 27.7 Å². The summed E-state index contributed by atoms with van der Waals surface area (Å²) in [5.41, 5.74) is 5.06. The van der Waals surface area contributed by atoms with Crippen LogP contribution in [0.3, 0.4) is 0 Å². The predicted octanol–water partition coefficient (Wildman–Crippen LogP) is 9.56. The molecule has 0 saturated carbocycles. The van der Waals surface area contributed by atoms with Crippen molar-refractivity contribution in [3.63, 3.8) is 0 Å². The maximum atomic E-state index is 12.9. The van der Waals surface area contributed by atoms with E-state index in [0.29, 0.717) is 17.1 Å². The predicted molar refractivity (Wildman–Crippen MR) is 168 cm³/mol. The van der Waals surface area contributed by atoms with Gasteiger partial charge in [-0.05, 0) is 55.5 Å². The van der Waals surface area contributed by atoms with Gasteiger partial charge in [0.2, 0.25) is 11.6 Å². The first-order valence-corrected chi connectivity index (χ1v) is 17.4. The van der Waals surface area contributed by atoms with Gasteiger partial charge in [-0.15, -0.1) is 0 Å². The molecule has 2 aromatic rings. The maximum Gasteiger partial charge on any atom is 0.477 e. The lowest BCUT2D eigenvalue weighted by molar-refractivity contribution is -0.100. The first kappa shape index (κ1) is 36.2. The highest BCUT2D eigenvalue weighted by Gasteiger charge is 2.37. The van der Waals surface area contributed by atoms with Gasteiger partial charge in [-0.1, -0.05) is 55.7 Å². The minimum atomic E-state index is -3.90. The Kier molecular flexibility index (Phi) is 12.7. The monoisotopic (exact) mass is 626 g/mol. The van der Waals surface area contributed by atoms with E-state index in [-0.39, 0.29) is 0 Å². The molecular weight excluding hydrogens is 578 g/mol. The first-order valence-electron chi connectivity index (χ1n) is 14.0. The highest BCUT2D eigenvalue weighted by molar-refractivity contribution is 7.53. The van der Waals surface area contributed by atoms with Crippen molar-refractivity contribution in [1.29, 1.82) is 0 Å². The number of benzene rings is 2. The van der Waals surface area contributed by atoms with Crippen molar-refractivity contribution in [2.75, 3.05) is 28.0 Å². The number of hydrogen-bond donors (Lipinski definition) is 0. The van der Waals surface area contributed by atoms with Crippen molar-refractivity contribution < 1.29 is 41.2 Å².